The molecule has 0 aromatic carbocycles. The van der Waals surface area contributed by atoms with Crippen LogP contribution >= 0.6 is 11.5 Å². The van der Waals surface area contributed by atoms with Crippen LogP contribution in [0, 0.1) is 0 Å². The van der Waals surface area contributed by atoms with E-state index in [1.807, 2.05) is 12.1 Å². The summed E-state index contributed by atoms with van der Waals surface area (Å²) < 4.78 is 9.29. The molecule has 0 saturated carbocycles. The summed E-state index contributed by atoms with van der Waals surface area (Å²) in [5.74, 6) is 0.944. The van der Waals surface area contributed by atoms with Crippen LogP contribution in [0.3, 0.4) is 0 Å². The maximum absolute atomic E-state index is 5.26. The second kappa shape index (κ2) is 4.98. The van der Waals surface area contributed by atoms with E-state index < -0.39 is 0 Å². The van der Waals surface area contributed by atoms with Gasteiger partial charge in [0.2, 0.25) is 0 Å². The van der Waals surface area contributed by atoms with Gasteiger partial charge in [-0.25, -0.2) is 0 Å². The van der Waals surface area contributed by atoms with Gasteiger partial charge in [-0.2, -0.15) is 0 Å². The van der Waals surface area contributed by atoms with Crippen molar-refractivity contribution in [1.82, 2.24) is 14.9 Å². The second-order valence-electron chi connectivity index (χ2n) is 4.98. The van der Waals surface area contributed by atoms with Crippen molar-refractivity contribution in [2.45, 2.75) is 39.3 Å². The van der Waals surface area contributed by atoms with Crippen molar-refractivity contribution in [3.05, 3.63) is 34.7 Å². The average Bonchev–Trinajstić information content (AvgIpc) is 2.86. The molecule has 5 heteroatoms. The molecule has 0 radical (unpaired) electrons. The molecule has 92 valence electrons. The quantitative estimate of drug-likeness (QED) is 0.907. The molecule has 0 atom stereocenters. The zero-order valence-electron chi connectivity index (χ0n) is 10.4. The molecule has 0 fully saturated rings. The maximum atomic E-state index is 5.26. The molecule has 1 N–H and O–H groups in total. The minimum atomic E-state index is 0.0503. The summed E-state index contributed by atoms with van der Waals surface area (Å²) in [5.41, 5.74) is 1.13. The third kappa shape index (κ3) is 3.14. The Kier molecular flexibility index (Phi) is 3.59. The molecule has 0 saturated heterocycles. The molecule has 2 aromatic rings. The maximum Gasteiger partial charge on any atom is 0.117 e. The lowest BCUT2D eigenvalue weighted by Crippen LogP contribution is -2.18. The standard InChI is InChI=1S/C12H17N3OS/c1-12(2,3)11-10(17-15-14-11)8-13-7-9-5-4-6-16-9/h4-6,13H,7-8H2,1-3H3. The highest BCUT2D eigenvalue weighted by molar-refractivity contribution is 7.05. The van der Waals surface area contributed by atoms with Crippen LogP contribution in [-0.4, -0.2) is 9.59 Å². The van der Waals surface area contributed by atoms with E-state index in [1.165, 1.54) is 16.4 Å². The highest BCUT2D eigenvalue weighted by Gasteiger charge is 2.21. The summed E-state index contributed by atoms with van der Waals surface area (Å²) in [7, 11) is 0. The number of hydrogen-bond acceptors (Lipinski definition) is 5. The molecule has 0 aliphatic rings. The average molecular weight is 251 g/mol. The highest BCUT2D eigenvalue weighted by Crippen LogP contribution is 2.25. The lowest BCUT2D eigenvalue weighted by Gasteiger charge is -2.16. The summed E-state index contributed by atoms with van der Waals surface area (Å²) in [4.78, 5) is 1.20. The number of aromatic nitrogens is 2. The zero-order chi connectivity index (χ0) is 12.3. The van der Waals surface area contributed by atoms with Gasteiger partial charge >= 0.3 is 0 Å². The van der Waals surface area contributed by atoms with Gasteiger partial charge in [0.05, 0.1) is 23.4 Å². The van der Waals surface area contributed by atoms with E-state index in [4.69, 9.17) is 4.42 Å². The Balaban J connectivity index is 1.93. The SMILES string of the molecule is CC(C)(C)c1nnsc1CNCc1ccco1. The van der Waals surface area contributed by atoms with E-state index >= 15 is 0 Å². The fraction of sp³-hybridized carbons (Fsp3) is 0.500. The Morgan fingerprint density at radius 1 is 1.35 bits per heavy atom. The summed E-state index contributed by atoms with van der Waals surface area (Å²) >= 11 is 1.46. The fourth-order valence-corrected chi connectivity index (χ4v) is 2.43. The van der Waals surface area contributed by atoms with Crippen molar-refractivity contribution in [1.29, 1.82) is 0 Å². The largest absolute Gasteiger partial charge is 0.468 e. The third-order valence-corrected chi connectivity index (χ3v) is 3.15. The van der Waals surface area contributed by atoms with Gasteiger partial charge in [0, 0.05) is 12.0 Å². The summed E-state index contributed by atoms with van der Waals surface area (Å²) in [6, 6.07) is 3.86. The molecule has 0 spiro atoms. The van der Waals surface area contributed by atoms with E-state index in [9.17, 15) is 0 Å². The second-order valence-corrected chi connectivity index (χ2v) is 5.82. The van der Waals surface area contributed by atoms with Crippen LogP contribution in [0.4, 0.5) is 0 Å². The van der Waals surface area contributed by atoms with Crippen molar-refractivity contribution in [3.8, 4) is 0 Å². The van der Waals surface area contributed by atoms with E-state index in [0.29, 0.717) is 0 Å². The van der Waals surface area contributed by atoms with Gasteiger partial charge in [-0.05, 0) is 23.7 Å². The summed E-state index contributed by atoms with van der Waals surface area (Å²) in [6.07, 6.45) is 1.69. The highest BCUT2D eigenvalue weighted by atomic mass is 32.1. The minimum absolute atomic E-state index is 0.0503. The van der Waals surface area contributed by atoms with Gasteiger partial charge in [-0.3, -0.25) is 0 Å². The normalized spacial score (nSPS) is 11.9. The van der Waals surface area contributed by atoms with E-state index in [1.54, 1.807) is 6.26 Å². The Labute approximate surface area is 105 Å². The van der Waals surface area contributed by atoms with Crippen molar-refractivity contribution in [2.24, 2.45) is 0 Å². The zero-order valence-corrected chi connectivity index (χ0v) is 11.2. The molecule has 0 bridgehead atoms. The van der Waals surface area contributed by atoms with Crippen molar-refractivity contribution >= 4 is 11.5 Å². The van der Waals surface area contributed by atoms with Crippen LogP contribution < -0.4 is 5.32 Å². The number of nitrogens with zero attached hydrogens (tertiary/aromatic N) is 2. The predicted molar refractivity (Wildman–Crippen MR) is 67.9 cm³/mol. The third-order valence-electron chi connectivity index (χ3n) is 2.43. The van der Waals surface area contributed by atoms with Gasteiger partial charge in [-0.1, -0.05) is 25.3 Å². The first kappa shape index (κ1) is 12.3. The molecule has 2 aromatic heterocycles. The van der Waals surface area contributed by atoms with Crippen LogP contribution in [0.15, 0.2) is 22.8 Å². The molecular formula is C12H17N3OS. The first-order valence-corrected chi connectivity index (χ1v) is 6.39. The molecule has 2 rings (SSSR count). The fourth-order valence-electron chi connectivity index (χ4n) is 1.61. The number of hydrogen-bond donors (Lipinski definition) is 1. The van der Waals surface area contributed by atoms with Gasteiger partial charge < -0.3 is 9.73 Å². The first-order valence-electron chi connectivity index (χ1n) is 5.62. The van der Waals surface area contributed by atoms with Crippen molar-refractivity contribution < 1.29 is 4.42 Å². The summed E-state index contributed by atoms with van der Waals surface area (Å²) in [5, 5.41) is 7.55. The molecule has 0 aliphatic carbocycles. The van der Waals surface area contributed by atoms with Gasteiger partial charge in [0.1, 0.15) is 5.76 Å². The molecule has 17 heavy (non-hydrogen) atoms. The van der Waals surface area contributed by atoms with Crippen LogP contribution in [0.25, 0.3) is 0 Å². The molecule has 4 nitrogen and oxygen atoms in total. The van der Waals surface area contributed by atoms with E-state index in [-0.39, 0.29) is 5.41 Å². The Morgan fingerprint density at radius 2 is 2.18 bits per heavy atom. The number of nitrogens with one attached hydrogen (secondary N) is 1. The van der Waals surface area contributed by atoms with E-state index in [2.05, 4.69) is 35.7 Å². The van der Waals surface area contributed by atoms with Gasteiger partial charge in [-0.15, -0.1) is 5.10 Å². The lowest BCUT2D eigenvalue weighted by molar-refractivity contribution is 0.481. The lowest BCUT2D eigenvalue weighted by atomic mass is 9.91. The molecule has 0 amide bonds. The van der Waals surface area contributed by atoms with Crippen molar-refractivity contribution in [2.75, 3.05) is 0 Å². The first-order chi connectivity index (χ1) is 8.07. The molecule has 2 heterocycles. The van der Waals surface area contributed by atoms with Gasteiger partial charge in [0.25, 0.3) is 0 Å². The summed E-state index contributed by atoms with van der Waals surface area (Å²) in [6.45, 7) is 7.97. The smallest absolute Gasteiger partial charge is 0.117 e. The van der Waals surface area contributed by atoms with Crippen LogP contribution in [0.2, 0.25) is 0 Å². The number of furan rings is 1. The Hall–Kier alpha value is -1.20. The van der Waals surface area contributed by atoms with Crippen LogP contribution in [0.5, 0.6) is 0 Å². The Morgan fingerprint density at radius 3 is 2.82 bits per heavy atom. The topological polar surface area (TPSA) is 51.0 Å². The van der Waals surface area contributed by atoms with E-state index in [0.717, 1.165) is 24.5 Å². The van der Waals surface area contributed by atoms with Crippen molar-refractivity contribution in [3.63, 3.8) is 0 Å². The molecule has 0 unspecified atom stereocenters. The monoisotopic (exact) mass is 251 g/mol. The minimum Gasteiger partial charge on any atom is -0.468 e. The van der Waals surface area contributed by atoms with Crippen LogP contribution in [-0.2, 0) is 18.5 Å². The number of rotatable bonds is 4. The van der Waals surface area contributed by atoms with Gasteiger partial charge in [0.15, 0.2) is 0 Å². The predicted octanol–water partition coefficient (Wildman–Crippen LogP) is 2.72. The van der Waals surface area contributed by atoms with Crippen LogP contribution in [0.1, 0.15) is 37.1 Å². The molecular weight excluding hydrogens is 234 g/mol. The Bertz CT molecular complexity index is 456. The molecule has 0 aliphatic heterocycles.